The van der Waals surface area contributed by atoms with Gasteiger partial charge in [-0.1, -0.05) is 5.16 Å². The van der Waals surface area contributed by atoms with E-state index in [1.165, 1.54) is 11.5 Å². The molecular formula is C9H19N3OS. The smallest absolute Gasteiger partial charge is 0.140 e. The zero-order chi connectivity index (χ0) is 10.6. The molecule has 5 heteroatoms. The quantitative estimate of drug-likeness (QED) is 0.320. The van der Waals surface area contributed by atoms with E-state index in [0.29, 0.717) is 24.3 Å². The Labute approximate surface area is 89.5 Å². The number of amidine groups is 1. The summed E-state index contributed by atoms with van der Waals surface area (Å²) in [5, 5.41) is 11.5. The molecule has 0 spiro atoms. The summed E-state index contributed by atoms with van der Waals surface area (Å²) in [7, 11) is 0. The molecule has 2 atom stereocenters. The molecule has 1 saturated heterocycles. The zero-order valence-corrected chi connectivity index (χ0v) is 9.63. The molecule has 0 aromatic carbocycles. The SMILES string of the molecule is CC1CSCCN1C(C)C/C(N)=N/O. The van der Waals surface area contributed by atoms with Crippen LogP contribution in [0, 0.1) is 0 Å². The summed E-state index contributed by atoms with van der Waals surface area (Å²) in [6.07, 6.45) is 0.644. The van der Waals surface area contributed by atoms with Gasteiger partial charge in [-0.15, -0.1) is 0 Å². The average Bonchev–Trinajstić information content (AvgIpc) is 2.18. The molecule has 4 nitrogen and oxygen atoms in total. The second-order valence-corrected chi connectivity index (χ2v) is 4.96. The largest absolute Gasteiger partial charge is 0.409 e. The van der Waals surface area contributed by atoms with E-state index in [1.54, 1.807) is 0 Å². The van der Waals surface area contributed by atoms with Gasteiger partial charge in [-0.3, -0.25) is 4.90 Å². The molecule has 0 aliphatic carbocycles. The van der Waals surface area contributed by atoms with E-state index < -0.39 is 0 Å². The molecule has 1 heterocycles. The number of hydrogen-bond donors (Lipinski definition) is 2. The van der Waals surface area contributed by atoms with Crippen molar-refractivity contribution in [2.45, 2.75) is 32.4 Å². The highest BCUT2D eigenvalue weighted by atomic mass is 32.2. The third-order valence-corrected chi connectivity index (χ3v) is 3.81. The number of nitrogens with two attached hydrogens (primary N) is 1. The van der Waals surface area contributed by atoms with Crippen LogP contribution >= 0.6 is 11.8 Å². The molecule has 1 aliphatic rings. The van der Waals surface area contributed by atoms with E-state index >= 15 is 0 Å². The van der Waals surface area contributed by atoms with E-state index in [4.69, 9.17) is 10.9 Å². The van der Waals surface area contributed by atoms with Gasteiger partial charge in [0.15, 0.2) is 0 Å². The molecule has 2 unspecified atom stereocenters. The third kappa shape index (κ3) is 3.06. The van der Waals surface area contributed by atoms with Gasteiger partial charge in [-0.05, 0) is 13.8 Å². The number of thioether (sulfide) groups is 1. The van der Waals surface area contributed by atoms with Gasteiger partial charge in [0.1, 0.15) is 5.84 Å². The van der Waals surface area contributed by atoms with Crippen LogP contribution in [0.15, 0.2) is 5.16 Å². The summed E-state index contributed by atoms with van der Waals surface area (Å²) in [6, 6.07) is 0.956. The van der Waals surface area contributed by atoms with Gasteiger partial charge < -0.3 is 10.9 Å². The number of nitrogens with zero attached hydrogens (tertiary/aromatic N) is 2. The van der Waals surface area contributed by atoms with E-state index in [-0.39, 0.29) is 0 Å². The molecule has 0 radical (unpaired) electrons. The van der Waals surface area contributed by atoms with Crippen molar-refractivity contribution in [3.05, 3.63) is 0 Å². The van der Waals surface area contributed by atoms with Crippen molar-refractivity contribution >= 4 is 17.6 Å². The molecule has 14 heavy (non-hydrogen) atoms. The van der Waals surface area contributed by atoms with Gasteiger partial charge in [0.2, 0.25) is 0 Å². The van der Waals surface area contributed by atoms with E-state index in [0.717, 1.165) is 6.54 Å². The summed E-state index contributed by atoms with van der Waals surface area (Å²) < 4.78 is 0. The lowest BCUT2D eigenvalue weighted by Gasteiger charge is -2.37. The Morgan fingerprint density at radius 1 is 1.79 bits per heavy atom. The maximum atomic E-state index is 8.49. The Kier molecular flexibility index (Phi) is 4.54. The molecule has 0 amide bonds. The summed E-state index contributed by atoms with van der Waals surface area (Å²) in [4.78, 5) is 2.43. The van der Waals surface area contributed by atoms with Crippen molar-refractivity contribution in [2.75, 3.05) is 18.1 Å². The van der Waals surface area contributed by atoms with Crippen LogP contribution in [-0.4, -0.2) is 46.1 Å². The fourth-order valence-corrected chi connectivity index (χ4v) is 2.89. The number of rotatable bonds is 3. The first-order valence-electron chi connectivity index (χ1n) is 4.95. The lowest BCUT2D eigenvalue weighted by Crippen LogP contribution is -2.47. The standard InChI is InChI=1S/C9H19N3OS/c1-7(5-9(10)11-13)12-3-4-14-6-8(12)2/h7-8,13H,3-6H2,1-2H3,(H2,10,11). The van der Waals surface area contributed by atoms with Gasteiger partial charge in [-0.2, -0.15) is 11.8 Å². The molecule has 3 N–H and O–H groups in total. The Morgan fingerprint density at radius 3 is 3.07 bits per heavy atom. The van der Waals surface area contributed by atoms with E-state index in [2.05, 4.69) is 23.9 Å². The van der Waals surface area contributed by atoms with Crippen LogP contribution in [0.4, 0.5) is 0 Å². The van der Waals surface area contributed by atoms with Gasteiger partial charge in [-0.25, -0.2) is 0 Å². The van der Waals surface area contributed by atoms with Crippen molar-refractivity contribution in [1.29, 1.82) is 0 Å². The topological polar surface area (TPSA) is 61.8 Å². The van der Waals surface area contributed by atoms with Crippen LogP contribution < -0.4 is 5.73 Å². The van der Waals surface area contributed by atoms with Crippen LogP contribution in [0.1, 0.15) is 20.3 Å². The average molecular weight is 217 g/mol. The lowest BCUT2D eigenvalue weighted by atomic mass is 10.1. The second kappa shape index (κ2) is 5.46. The lowest BCUT2D eigenvalue weighted by molar-refractivity contribution is 0.175. The zero-order valence-electron chi connectivity index (χ0n) is 8.81. The third-order valence-electron chi connectivity index (χ3n) is 2.62. The molecule has 0 aromatic heterocycles. The fraction of sp³-hybridized carbons (Fsp3) is 0.889. The van der Waals surface area contributed by atoms with Gasteiger partial charge in [0.05, 0.1) is 0 Å². The van der Waals surface area contributed by atoms with Crippen LogP contribution in [0.25, 0.3) is 0 Å². The Hall–Kier alpha value is -0.420. The highest BCUT2D eigenvalue weighted by Gasteiger charge is 2.23. The normalized spacial score (nSPS) is 27.6. The first kappa shape index (κ1) is 11.7. The molecule has 1 aliphatic heterocycles. The molecule has 0 bridgehead atoms. The minimum Gasteiger partial charge on any atom is -0.409 e. The Morgan fingerprint density at radius 2 is 2.50 bits per heavy atom. The first-order valence-corrected chi connectivity index (χ1v) is 6.10. The Balaban J connectivity index is 2.45. The van der Waals surface area contributed by atoms with E-state index in [9.17, 15) is 0 Å². The highest BCUT2D eigenvalue weighted by molar-refractivity contribution is 7.99. The second-order valence-electron chi connectivity index (χ2n) is 3.81. The maximum absolute atomic E-state index is 8.49. The minimum absolute atomic E-state index is 0.322. The van der Waals surface area contributed by atoms with Crippen LogP contribution in [-0.2, 0) is 0 Å². The van der Waals surface area contributed by atoms with Crippen molar-refractivity contribution in [3.63, 3.8) is 0 Å². The molecule has 82 valence electrons. The monoisotopic (exact) mass is 217 g/mol. The first-order chi connectivity index (χ1) is 6.65. The van der Waals surface area contributed by atoms with Gasteiger partial charge in [0, 0.05) is 36.6 Å². The van der Waals surface area contributed by atoms with Crippen molar-refractivity contribution in [1.82, 2.24) is 4.90 Å². The summed E-state index contributed by atoms with van der Waals surface area (Å²) >= 11 is 2.00. The molecular weight excluding hydrogens is 198 g/mol. The number of hydrogen-bond acceptors (Lipinski definition) is 4. The molecule has 0 aromatic rings. The van der Waals surface area contributed by atoms with Crippen LogP contribution in [0.5, 0.6) is 0 Å². The van der Waals surface area contributed by atoms with E-state index in [1.807, 2.05) is 11.8 Å². The Bertz CT molecular complexity index is 210. The molecule has 1 fully saturated rings. The summed E-state index contributed by atoms with van der Waals surface area (Å²) in [5.41, 5.74) is 5.49. The van der Waals surface area contributed by atoms with Gasteiger partial charge in [0.25, 0.3) is 0 Å². The minimum atomic E-state index is 0.322. The predicted molar refractivity (Wildman–Crippen MR) is 61.0 cm³/mol. The maximum Gasteiger partial charge on any atom is 0.140 e. The van der Waals surface area contributed by atoms with Gasteiger partial charge >= 0.3 is 0 Å². The predicted octanol–water partition coefficient (Wildman–Crippen LogP) is 0.949. The van der Waals surface area contributed by atoms with Crippen molar-refractivity contribution in [2.24, 2.45) is 10.9 Å². The van der Waals surface area contributed by atoms with Crippen molar-refractivity contribution < 1.29 is 5.21 Å². The van der Waals surface area contributed by atoms with Crippen molar-refractivity contribution in [3.8, 4) is 0 Å². The van der Waals surface area contributed by atoms with Crippen LogP contribution in [0.2, 0.25) is 0 Å². The number of oxime groups is 1. The summed E-state index contributed by atoms with van der Waals surface area (Å²) in [5.74, 6) is 2.69. The van der Waals surface area contributed by atoms with Crippen LogP contribution in [0.3, 0.4) is 0 Å². The highest BCUT2D eigenvalue weighted by Crippen LogP contribution is 2.19. The fourth-order valence-electron chi connectivity index (χ4n) is 1.86. The summed E-state index contributed by atoms with van der Waals surface area (Å²) in [6.45, 7) is 5.46. The molecule has 1 rings (SSSR count). The molecule has 0 saturated carbocycles.